The summed E-state index contributed by atoms with van der Waals surface area (Å²) < 4.78 is 0. The molecule has 0 nitrogen and oxygen atoms in total. The summed E-state index contributed by atoms with van der Waals surface area (Å²) in [5.74, 6) is 0. The fourth-order valence-corrected chi connectivity index (χ4v) is 2.23. The Labute approximate surface area is 110 Å². The molecule has 0 radical (unpaired) electrons. The highest BCUT2D eigenvalue weighted by Crippen LogP contribution is 2.14. The van der Waals surface area contributed by atoms with E-state index in [4.69, 9.17) is 0 Å². The molecule has 0 spiro atoms. The molecule has 92 valence electrons. The molecule has 18 heavy (non-hydrogen) atoms. The first-order valence-corrected chi connectivity index (χ1v) is 6.64. The van der Waals surface area contributed by atoms with Gasteiger partial charge < -0.3 is 0 Å². The van der Waals surface area contributed by atoms with E-state index in [1.54, 1.807) is 0 Å². The monoisotopic (exact) mass is 236 g/mol. The summed E-state index contributed by atoms with van der Waals surface area (Å²) in [6, 6.07) is 19.4. The maximum Gasteiger partial charge on any atom is -0.0228 e. The van der Waals surface area contributed by atoms with Crippen molar-refractivity contribution in [2.75, 3.05) is 0 Å². The standard InChI is InChI=1S/C18H20/c1-2-9-17-13-6-7-14-18(17)15-8-12-16-10-4-3-5-11-16/h2-7,9-11,13-14H,8,12,15H2,1H3/b9-2+. The molecule has 0 aliphatic rings. The largest absolute Gasteiger partial charge is 0.0871 e. The van der Waals surface area contributed by atoms with Crippen molar-refractivity contribution in [3.05, 3.63) is 77.4 Å². The van der Waals surface area contributed by atoms with E-state index in [2.05, 4.69) is 73.7 Å². The van der Waals surface area contributed by atoms with Crippen LogP contribution in [0.1, 0.15) is 30.0 Å². The van der Waals surface area contributed by atoms with Crippen LogP contribution in [0.3, 0.4) is 0 Å². The van der Waals surface area contributed by atoms with Crippen molar-refractivity contribution in [2.45, 2.75) is 26.2 Å². The molecule has 0 bridgehead atoms. The van der Waals surface area contributed by atoms with Gasteiger partial charge in [0.15, 0.2) is 0 Å². The van der Waals surface area contributed by atoms with Crippen molar-refractivity contribution in [3.63, 3.8) is 0 Å². The van der Waals surface area contributed by atoms with Crippen molar-refractivity contribution in [2.24, 2.45) is 0 Å². The van der Waals surface area contributed by atoms with Crippen LogP contribution in [-0.4, -0.2) is 0 Å². The van der Waals surface area contributed by atoms with Gasteiger partial charge in [0.05, 0.1) is 0 Å². The highest BCUT2D eigenvalue weighted by molar-refractivity contribution is 5.53. The molecular weight excluding hydrogens is 216 g/mol. The van der Waals surface area contributed by atoms with Crippen LogP contribution in [0.4, 0.5) is 0 Å². The second kappa shape index (κ2) is 6.80. The number of rotatable bonds is 5. The van der Waals surface area contributed by atoms with Gasteiger partial charge >= 0.3 is 0 Å². The van der Waals surface area contributed by atoms with Gasteiger partial charge in [0.1, 0.15) is 0 Å². The van der Waals surface area contributed by atoms with E-state index in [1.165, 1.54) is 23.1 Å². The van der Waals surface area contributed by atoms with E-state index in [-0.39, 0.29) is 0 Å². The van der Waals surface area contributed by atoms with E-state index >= 15 is 0 Å². The Morgan fingerprint density at radius 2 is 1.56 bits per heavy atom. The molecule has 2 rings (SSSR count). The van der Waals surface area contributed by atoms with E-state index in [0.717, 1.165) is 12.8 Å². The first kappa shape index (κ1) is 12.6. The molecule has 0 saturated carbocycles. The highest BCUT2D eigenvalue weighted by Gasteiger charge is 1.99. The van der Waals surface area contributed by atoms with E-state index in [1.807, 2.05) is 0 Å². The Kier molecular flexibility index (Phi) is 4.78. The van der Waals surface area contributed by atoms with E-state index in [9.17, 15) is 0 Å². The molecule has 0 heterocycles. The SMILES string of the molecule is C/C=C/c1ccccc1CCCc1ccccc1. The summed E-state index contributed by atoms with van der Waals surface area (Å²) in [6.45, 7) is 2.07. The van der Waals surface area contributed by atoms with Crippen molar-refractivity contribution in [1.82, 2.24) is 0 Å². The van der Waals surface area contributed by atoms with Crippen LogP contribution >= 0.6 is 0 Å². The summed E-state index contributed by atoms with van der Waals surface area (Å²) in [5, 5.41) is 0. The Bertz CT molecular complexity index is 494. The Hall–Kier alpha value is -1.82. The minimum atomic E-state index is 1.15. The third-order valence-electron chi connectivity index (χ3n) is 3.16. The van der Waals surface area contributed by atoms with Gasteiger partial charge in [-0.3, -0.25) is 0 Å². The number of aryl methyl sites for hydroxylation is 2. The van der Waals surface area contributed by atoms with Crippen LogP contribution in [0.2, 0.25) is 0 Å². The summed E-state index contributed by atoms with van der Waals surface area (Å²) in [5.41, 5.74) is 4.24. The van der Waals surface area contributed by atoms with Gasteiger partial charge in [-0.2, -0.15) is 0 Å². The van der Waals surface area contributed by atoms with Crippen LogP contribution in [0, 0.1) is 0 Å². The predicted octanol–water partition coefficient (Wildman–Crippen LogP) is 4.90. The van der Waals surface area contributed by atoms with Gasteiger partial charge in [0.2, 0.25) is 0 Å². The summed E-state index contributed by atoms with van der Waals surface area (Å²) in [4.78, 5) is 0. The first-order chi connectivity index (χ1) is 8.90. The van der Waals surface area contributed by atoms with Crippen molar-refractivity contribution in [3.8, 4) is 0 Å². The van der Waals surface area contributed by atoms with Gasteiger partial charge in [-0.05, 0) is 42.9 Å². The van der Waals surface area contributed by atoms with Gasteiger partial charge in [0, 0.05) is 0 Å². The molecule has 0 aliphatic carbocycles. The maximum atomic E-state index is 2.24. The minimum Gasteiger partial charge on any atom is -0.0871 e. The van der Waals surface area contributed by atoms with Crippen LogP contribution in [0.25, 0.3) is 6.08 Å². The number of benzene rings is 2. The predicted molar refractivity (Wildman–Crippen MR) is 79.6 cm³/mol. The van der Waals surface area contributed by atoms with Gasteiger partial charge in [-0.1, -0.05) is 66.7 Å². The van der Waals surface area contributed by atoms with Crippen molar-refractivity contribution < 1.29 is 0 Å². The molecular formula is C18H20. The number of hydrogen-bond acceptors (Lipinski definition) is 0. The molecule has 0 saturated heterocycles. The minimum absolute atomic E-state index is 1.15. The lowest BCUT2D eigenvalue weighted by Crippen LogP contribution is -1.92. The molecule has 0 heteroatoms. The zero-order valence-corrected chi connectivity index (χ0v) is 11.0. The topological polar surface area (TPSA) is 0 Å². The summed E-state index contributed by atoms with van der Waals surface area (Å²) >= 11 is 0. The Morgan fingerprint density at radius 1 is 0.833 bits per heavy atom. The first-order valence-electron chi connectivity index (χ1n) is 6.64. The third kappa shape index (κ3) is 3.59. The lowest BCUT2D eigenvalue weighted by atomic mass is 9.99. The van der Waals surface area contributed by atoms with Crippen LogP contribution in [-0.2, 0) is 12.8 Å². The average Bonchev–Trinajstić information content (AvgIpc) is 2.42. The lowest BCUT2D eigenvalue weighted by Gasteiger charge is -2.06. The van der Waals surface area contributed by atoms with Crippen LogP contribution in [0.15, 0.2) is 60.7 Å². The maximum absolute atomic E-state index is 2.24. The van der Waals surface area contributed by atoms with E-state index < -0.39 is 0 Å². The van der Waals surface area contributed by atoms with Crippen LogP contribution in [0.5, 0.6) is 0 Å². The molecule has 0 amide bonds. The second-order valence-corrected chi connectivity index (χ2v) is 4.54. The third-order valence-corrected chi connectivity index (χ3v) is 3.16. The molecule has 0 aromatic heterocycles. The van der Waals surface area contributed by atoms with Crippen LogP contribution < -0.4 is 0 Å². The molecule has 0 N–H and O–H groups in total. The number of hydrogen-bond donors (Lipinski definition) is 0. The lowest BCUT2D eigenvalue weighted by molar-refractivity contribution is 0.819. The average molecular weight is 236 g/mol. The summed E-state index contributed by atoms with van der Waals surface area (Å²) in [6.07, 6.45) is 7.81. The fraction of sp³-hybridized carbons (Fsp3) is 0.222. The zero-order chi connectivity index (χ0) is 12.6. The Morgan fingerprint density at radius 3 is 2.33 bits per heavy atom. The normalized spacial score (nSPS) is 10.9. The zero-order valence-electron chi connectivity index (χ0n) is 11.0. The smallest absolute Gasteiger partial charge is 0.0228 e. The van der Waals surface area contributed by atoms with Gasteiger partial charge in [-0.25, -0.2) is 0 Å². The molecule has 2 aromatic carbocycles. The van der Waals surface area contributed by atoms with Gasteiger partial charge in [0.25, 0.3) is 0 Å². The van der Waals surface area contributed by atoms with E-state index in [0.29, 0.717) is 0 Å². The van der Waals surface area contributed by atoms with Crippen molar-refractivity contribution in [1.29, 1.82) is 0 Å². The highest BCUT2D eigenvalue weighted by atomic mass is 14.0. The van der Waals surface area contributed by atoms with Gasteiger partial charge in [-0.15, -0.1) is 0 Å². The molecule has 2 aromatic rings. The quantitative estimate of drug-likeness (QED) is 0.693. The Balaban J connectivity index is 1.94. The summed E-state index contributed by atoms with van der Waals surface area (Å²) in [7, 11) is 0. The molecule has 0 atom stereocenters. The molecule has 0 fully saturated rings. The second-order valence-electron chi connectivity index (χ2n) is 4.54. The number of allylic oxidation sites excluding steroid dienone is 1. The van der Waals surface area contributed by atoms with Crippen molar-refractivity contribution >= 4 is 6.08 Å². The molecule has 0 unspecified atom stereocenters. The fourth-order valence-electron chi connectivity index (χ4n) is 2.23. The molecule has 0 aliphatic heterocycles.